The predicted molar refractivity (Wildman–Crippen MR) is 94.1 cm³/mol. The van der Waals surface area contributed by atoms with E-state index < -0.39 is 10.0 Å². The van der Waals surface area contributed by atoms with E-state index in [2.05, 4.69) is 19.0 Å². The second-order valence-electron chi connectivity index (χ2n) is 7.77. The van der Waals surface area contributed by atoms with Gasteiger partial charge in [0.05, 0.1) is 23.7 Å². The average Bonchev–Trinajstić information content (AvgIpc) is 3.24. The summed E-state index contributed by atoms with van der Waals surface area (Å²) in [5.74, 6) is 1.37. The van der Waals surface area contributed by atoms with Gasteiger partial charge in [0.1, 0.15) is 5.75 Å². The highest BCUT2D eigenvalue weighted by Crippen LogP contribution is 2.55. The number of fused-ring (bicyclic) bond motifs is 1. The Morgan fingerprint density at radius 2 is 2.04 bits per heavy atom. The highest BCUT2D eigenvalue weighted by Gasteiger charge is 2.64. The SMILES string of the molecule is COc1ccc(S(=O)(=O)N2C[C@@H]3[C@H](CN(C)C)[C@H]4CC[C@]3(C2)O4)cc1. The molecule has 0 unspecified atom stereocenters. The zero-order valence-corrected chi connectivity index (χ0v) is 15.8. The van der Waals surface area contributed by atoms with Crippen molar-refractivity contribution < 1.29 is 17.9 Å². The Morgan fingerprint density at radius 3 is 2.68 bits per heavy atom. The molecule has 0 amide bonds. The van der Waals surface area contributed by atoms with Gasteiger partial charge >= 0.3 is 0 Å². The summed E-state index contributed by atoms with van der Waals surface area (Å²) in [6, 6.07) is 6.63. The van der Waals surface area contributed by atoms with E-state index in [4.69, 9.17) is 9.47 Å². The van der Waals surface area contributed by atoms with Gasteiger partial charge in [-0.15, -0.1) is 0 Å². The Balaban J connectivity index is 1.59. The van der Waals surface area contributed by atoms with E-state index in [-0.39, 0.29) is 5.60 Å². The minimum atomic E-state index is -3.50. The van der Waals surface area contributed by atoms with Crippen LogP contribution in [0.5, 0.6) is 5.75 Å². The molecule has 0 aliphatic carbocycles. The molecule has 0 aromatic heterocycles. The number of benzene rings is 1. The quantitative estimate of drug-likeness (QED) is 0.789. The molecule has 3 fully saturated rings. The molecule has 4 atom stereocenters. The molecule has 3 aliphatic rings. The van der Waals surface area contributed by atoms with Crippen molar-refractivity contribution in [3.63, 3.8) is 0 Å². The lowest BCUT2D eigenvalue weighted by molar-refractivity contribution is 0.00739. The van der Waals surface area contributed by atoms with Gasteiger partial charge in [-0.05, 0) is 51.2 Å². The molecule has 6 nitrogen and oxygen atoms in total. The standard InChI is InChI=1S/C18H26N2O4S/c1-19(2)10-15-16-11-20(12-18(16)9-8-17(15)24-18)25(21,22)14-6-4-13(23-3)5-7-14/h4-7,15-17H,8-12H2,1-3H3/t15-,16+,17+,18+/m0/s1. The lowest BCUT2D eigenvalue weighted by atomic mass is 9.73. The molecule has 1 aromatic rings. The van der Waals surface area contributed by atoms with E-state index in [1.165, 1.54) is 0 Å². The fraction of sp³-hybridized carbons (Fsp3) is 0.667. The molecule has 3 heterocycles. The molecule has 2 bridgehead atoms. The fourth-order valence-electron chi connectivity index (χ4n) is 4.89. The van der Waals surface area contributed by atoms with Gasteiger partial charge in [0.2, 0.25) is 10.0 Å². The van der Waals surface area contributed by atoms with Crippen molar-refractivity contribution >= 4 is 10.0 Å². The fourth-order valence-corrected chi connectivity index (χ4v) is 6.42. The van der Waals surface area contributed by atoms with Gasteiger partial charge in [0, 0.05) is 31.5 Å². The van der Waals surface area contributed by atoms with Crippen LogP contribution in [0, 0.1) is 11.8 Å². The molecule has 7 heteroatoms. The van der Waals surface area contributed by atoms with E-state index >= 15 is 0 Å². The summed E-state index contributed by atoms with van der Waals surface area (Å²) in [7, 11) is 2.21. The van der Waals surface area contributed by atoms with Gasteiger partial charge in [0.15, 0.2) is 0 Å². The van der Waals surface area contributed by atoms with Gasteiger partial charge in [-0.3, -0.25) is 0 Å². The maximum absolute atomic E-state index is 13.1. The maximum Gasteiger partial charge on any atom is 0.243 e. The molecule has 0 N–H and O–H groups in total. The first-order valence-corrected chi connectivity index (χ1v) is 10.3. The molecular weight excluding hydrogens is 340 g/mol. The smallest absolute Gasteiger partial charge is 0.243 e. The first-order chi connectivity index (χ1) is 11.9. The Kier molecular flexibility index (Phi) is 4.11. The number of rotatable bonds is 5. The van der Waals surface area contributed by atoms with Crippen LogP contribution >= 0.6 is 0 Å². The number of hydrogen-bond donors (Lipinski definition) is 0. The van der Waals surface area contributed by atoms with Crippen LogP contribution < -0.4 is 4.74 Å². The molecule has 3 aliphatic heterocycles. The second kappa shape index (κ2) is 5.94. The third kappa shape index (κ3) is 2.68. The molecule has 0 radical (unpaired) electrons. The van der Waals surface area contributed by atoms with Crippen LogP contribution in [0.3, 0.4) is 0 Å². The van der Waals surface area contributed by atoms with Gasteiger partial charge in [-0.1, -0.05) is 0 Å². The Labute approximate surface area is 149 Å². The Bertz CT molecular complexity index is 749. The summed E-state index contributed by atoms with van der Waals surface area (Å²) in [5, 5.41) is 0. The van der Waals surface area contributed by atoms with E-state index in [0.29, 0.717) is 41.7 Å². The van der Waals surface area contributed by atoms with Gasteiger partial charge in [0.25, 0.3) is 0 Å². The van der Waals surface area contributed by atoms with Gasteiger partial charge in [-0.25, -0.2) is 8.42 Å². The van der Waals surface area contributed by atoms with Crippen LogP contribution in [0.2, 0.25) is 0 Å². The van der Waals surface area contributed by atoms with E-state index in [0.717, 1.165) is 19.4 Å². The zero-order chi connectivity index (χ0) is 17.8. The minimum Gasteiger partial charge on any atom is -0.497 e. The summed E-state index contributed by atoms with van der Waals surface area (Å²) in [5.41, 5.74) is -0.273. The van der Waals surface area contributed by atoms with Crippen molar-refractivity contribution in [3.05, 3.63) is 24.3 Å². The molecule has 1 spiro atoms. The van der Waals surface area contributed by atoms with E-state index in [1.807, 2.05) is 0 Å². The van der Waals surface area contributed by atoms with E-state index in [1.54, 1.807) is 35.7 Å². The average molecular weight is 366 g/mol. The maximum atomic E-state index is 13.1. The van der Waals surface area contributed by atoms with Gasteiger partial charge in [-0.2, -0.15) is 4.31 Å². The third-order valence-electron chi connectivity index (χ3n) is 6.03. The van der Waals surface area contributed by atoms with Crippen molar-refractivity contribution in [1.82, 2.24) is 9.21 Å². The summed E-state index contributed by atoms with van der Waals surface area (Å²) in [4.78, 5) is 2.51. The summed E-state index contributed by atoms with van der Waals surface area (Å²) in [6.45, 7) is 1.99. The molecule has 138 valence electrons. The van der Waals surface area contributed by atoms with Crippen molar-refractivity contribution in [2.75, 3.05) is 40.8 Å². The van der Waals surface area contributed by atoms with Crippen molar-refractivity contribution in [3.8, 4) is 5.75 Å². The van der Waals surface area contributed by atoms with Crippen molar-refractivity contribution in [1.29, 1.82) is 0 Å². The van der Waals surface area contributed by atoms with Crippen molar-refractivity contribution in [2.24, 2.45) is 11.8 Å². The Hall–Kier alpha value is -1.15. The monoisotopic (exact) mass is 366 g/mol. The molecule has 4 rings (SSSR count). The number of hydrogen-bond acceptors (Lipinski definition) is 5. The molecule has 0 saturated carbocycles. The third-order valence-corrected chi connectivity index (χ3v) is 7.85. The number of sulfonamides is 1. The van der Waals surface area contributed by atoms with Crippen LogP contribution in [0.4, 0.5) is 0 Å². The molecular formula is C18H26N2O4S. The van der Waals surface area contributed by atoms with Crippen LogP contribution in [0.25, 0.3) is 0 Å². The summed E-state index contributed by atoms with van der Waals surface area (Å²) in [6.07, 6.45) is 2.31. The highest BCUT2D eigenvalue weighted by molar-refractivity contribution is 7.89. The van der Waals surface area contributed by atoms with Crippen LogP contribution in [0.1, 0.15) is 12.8 Å². The predicted octanol–water partition coefficient (Wildman–Crippen LogP) is 1.42. The van der Waals surface area contributed by atoms with Gasteiger partial charge < -0.3 is 14.4 Å². The first-order valence-electron chi connectivity index (χ1n) is 8.82. The second-order valence-corrected chi connectivity index (χ2v) is 9.70. The topological polar surface area (TPSA) is 59.1 Å². The van der Waals surface area contributed by atoms with Crippen LogP contribution in [-0.4, -0.2) is 70.2 Å². The molecule has 3 saturated heterocycles. The molecule has 1 aromatic carbocycles. The van der Waals surface area contributed by atoms with Crippen molar-refractivity contribution in [2.45, 2.75) is 29.4 Å². The number of nitrogens with zero attached hydrogens (tertiary/aromatic N) is 2. The molecule has 25 heavy (non-hydrogen) atoms. The highest BCUT2D eigenvalue weighted by atomic mass is 32.2. The Morgan fingerprint density at radius 1 is 1.32 bits per heavy atom. The number of methoxy groups -OCH3 is 1. The van der Waals surface area contributed by atoms with Crippen LogP contribution in [-0.2, 0) is 14.8 Å². The lowest BCUT2D eigenvalue weighted by Gasteiger charge is -2.31. The minimum absolute atomic E-state index is 0.273. The lowest BCUT2D eigenvalue weighted by Crippen LogP contribution is -2.40. The normalized spacial score (nSPS) is 34.6. The zero-order valence-electron chi connectivity index (χ0n) is 15.0. The van der Waals surface area contributed by atoms with Crippen LogP contribution in [0.15, 0.2) is 29.2 Å². The van der Waals surface area contributed by atoms with E-state index in [9.17, 15) is 8.42 Å². The number of ether oxygens (including phenoxy) is 2. The largest absolute Gasteiger partial charge is 0.497 e. The summed E-state index contributed by atoms with van der Waals surface area (Å²) < 4.78 is 39.3. The first kappa shape index (κ1) is 17.3. The summed E-state index contributed by atoms with van der Waals surface area (Å²) >= 11 is 0.